The smallest absolute Gasteiger partial charge is 0.334 e. The molecule has 5 nitrogen and oxygen atoms in total. The highest BCUT2D eigenvalue weighted by Crippen LogP contribution is 2.57. The molecular weight excluding hydrogens is 284 g/mol. The minimum Gasteiger partial charge on any atom is -0.461 e. The van der Waals surface area contributed by atoms with Gasteiger partial charge < -0.3 is 14.6 Å². The topological polar surface area (TPSA) is 72.8 Å². The molecule has 1 aliphatic heterocycles. The molecule has 0 bridgehead atoms. The van der Waals surface area contributed by atoms with Crippen LogP contribution in [-0.4, -0.2) is 35.4 Å². The third-order valence-corrected chi connectivity index (χ3v) is 5.60. The zero-order chi connectivity index (χ0) is 16.2. The van der Waals surface area contributed by atoms with Crippen molar-refractivity contribution in [3.8, 4) is 0 Å². The monoisotopic (exact) mass is 306 g/mol. The number of aliphatic hydroxyl groups is 1. The minimum atomic E-state index is -0.553. The maximum atomic E-state index is 11.9. The highest BCUT2D eigenvalue weighted by molar-refractivity contribution is 5.91. The fourth-order valence-electron chi connectivity index (χ4n) is 4.55. The van der Waals surface area contributed by atoms with Gasteiger partial charge in [0.1, 0.15) is 12.2 Å². The molecule has 0 aromatic heterocycles. The third-order valence-electron chi connectivity index (χ3n) is 5.60. The molecule has 0 spiro atoms. The summed E-state index contributed by atoms with van der Waals surface area (Å²) in [7, 11) is 0. The summed E-state index contributed by atoms with van der Waals surface area (Å²) in [5.41, 5.74) is 0.803. The number of carbonyl (C=O) groups is 2. The normalized spacial score (nSPS) is 44.1. The Morgan fingerprint density at radius 2 is 2.14 bits per heavy atom. The Kier molecular flexibility index (Phi) is 3.44. The van der Waals surface area contributed by atoms with Crippen LogP contribution in [-0.2, 0) is 19.1 Å². The first kappa shape index (κ1) is 15.3. The van der Waals surface area contributed by atoms with Gasteiger partial charge in [-0.05, 0) is 19.3 Å². The molecular formula is C17H22O5. The van der Waals surface area contributed by atoms with E-state index in [9.17, 15) is 14.7 Å². The van der Waals surface area contributed by atoms with Crippen molar-refractivity contribution >= 4 is 11.9 Å². The van der Waals surface area contributed by atoms with E-state index in [1.54, 1.807) is 0 Å². The molecule has 6 atom stereocenters. The third kappa shape index (κ3) is 2.02. The maximum absolute atomic E-state index is 11.9. The Labute approximate surface area is 130 Å². The van der Waals surface area contributed by atoms with Gasteiger partial charge in [-0.3, -0.25) is 4.79 Å². The Morgan fingerprint density at radius 1 is 1.45 bits per heavy atom. The lowest BCUT2D eigenvalue weighted by molar-refractivity contribution is -0.178. The molecule has 0 aromatic carbocycles. The molecule has 1 N–H and O–H groups in total. The minimum absolute atomic E-state index is 0.187. The molecule has 0 radical (unpaired) electrons. The maximum Gasteiger partial charge on any atom is 0.334 e. The molecule has 120 valence electrons. The number of ether oxygens (including phenoxy) is 2. The highest BCUT2D eigenvalue weighted by Gasteiger charge is 2.61. The van der Waals surface area contributed by atoms with Gasteiger partial charge in [0, 0.05) is 23.8 Å². The number of hydrogen-bond acceptors (Lipinski definition) is 5. The summed E-state index contributed by atoms with van der Waals surface area (Å²) in [6, 6.07) is 0. The van der Waals surface area contributed by atoms with Crippen LogP contribution in [0.4, 0.5) is 0 Å². The Bertz CT molecular complexity index is 565. The molecule has 0 unspecified atom stereocenters. The lowest BCUT2D eigenvalue weighted by Gasteiger charge is -2.54. The molecule has 2 aliphatic carbocycles. The molecule has 3 rings (SSSR count). The zero-order valence-electron chi connectivity index (χ0n) is 13.0. The Morgan fingerprint density at radius 3 is 2.77 bits per heavy atom. The molecule has 3 aliphatic rings. The summed E-state index contributed by atoms with van der Waals surface area (Å²) < 4.78 is 11.0. The van der Waals surface area contributed by atoms with E-state index >= 15 is 0 Å². The Balaban J connectivity index is 2.06. The van der Waals surface area contributed by atoms with Crippen LogP contribution in [0.1, 0.15) is 33.1 Å². The fraction of sp³-hybridized carbons (Fsp3) is 0.647. The number of carbonyl (C=O) groups excluding carboxylic acids is 2. The number of aliphatic hydroxyl groups excluding tert-OH is 1. The number of esters is 2. The molecule has 3 fully saturated rings. The van der Waals surface area contributed by atoms with Gasteiger partial charge in [-0.15, -0.1) is 0 Å². The van der Waals surface area contributed by atoms with Crippen molar-refractivity contribution in [3.05, 3.63) is 24.3 Å². The van der Waals surface area contributed by atoms with E-state index in [0.29, 0.717) is 24.8 Å². The second-order valence-electron chi connectivity index (χ2n) is 6.97. The van der Waals surface area contributed by atoms with Crippen LogP contribution in [0.25, 0.3) is 0 Å². The molecule has 5 heteroatoms. The van der Waals surface area contributed by atoms with E-state index in [0.717, 1.165) is 5.57 Å². The first-order chi connectivity index (χ1) is 10.3. The van der Waals surface area contributed by atoms with Crippen LogP contribution in [0.3, 0.4) is 0 Å². The average Bonchev–Trinajstić information content (AvgIpc) is 2.68. The van der Waals surface area contributed by atoms with Gasteiger partial charge in [-0.25, -0.2) is 4.79 Å². The van der Waals surface area contributed by atoms with Gasteiger partial charge in [-0.2, -0.15) is 0 Å². The summed E-state index contributed by atoms with van der Waals surface area (Å²) in [4.78, 5) is 23.5. The first-order valence-corrected chi connectivity index (χ1v) is 7.68. The molecule has 0 aromatic rings. The fourth-order valence-corrected chi connectivity index (χ4v) is 4.55. The average molecular weight is 306 g/mol. The zero-order valence-corrected chi connectivity index (χ0v) is 13.0. The molecule has 0 amide bonds. The first-order valence-electron chi connectivity index (χ1n) is 7.68. The van der Waals surface area contributed by atoms with Crippen molar-refractivity contribution in [1.29, 1.82) is 0 Å². The predicted octanol–water partition coefficient (Wildman–Crippen LogP) is 1.75. The summed E-state index contributed by atoms with van der Waals surface area (Å²) in [6.45, 7) is 11.3. The van der Waals surface area contributed by atoms with Crippen molar-refractivity contribution < 1.29 is 24.2 Å². The van der Waals surface area contributed by atoms with E-state index < -0.39 is 35.7 Å². The van der Waals surface area contributed by atoms with Crippen molar-refractivity contribution in [1.82, 2.24) is 0 Å². The van der Waals surface area contributed by atoms with Gasteiger partial charge in [0.05, 0.1) is 12.0 Å². The van der Waals surface area contributed by atoms with E-state index in [4.69, 9.17) is 9.47 Å². The van der Waals surface area contributed by atoms with Crippen LogP contribution in [0.5, 0.6) is 0 Å². The van der Waals surface area contributed by atoms with E-state index in [1.165, 1.54) is 6.92 Å². The van der Waals surface area contributed by atoms with Gasteiger partial charge in [0.25, 0.3) is 0 Å². The van der Waals surface area contributed by atoms with Gasteiger partial charge >= 0.3 is 11.9 Å². The molecule has 2 saturated carbocycles. The number of hydrogen-bond donors (Lipinski definition) is 1. The summed E-state index contributed by atoms with van der Waals surface area (Å²) >= 11 is 0. The van der Waals surface area contributed by atoms with Crippen LogP contribution < -0.4 is 0 Å². The van der Waals surface area contributed by atoms with Crippen molar-refractivity contribution in [3.63, 3.8) is 0 Å². The number of fused-ring (bicyclic) bond motifs is 2. The molecule has 1 heterocycles. The highest BCUT2D eigenvalue weighted by atomic mass is 16.6. The molecule has 1 saturated heterocycles. The van der Waals surface area contributed by atoms with Crippen molar-refractivity contribution in [2.45, 2.75) is 51.4 Å². The largest absolute Gasteiger partial charge is 0.461 e. The summed E-state index contributed by atoms with van der Waals surface area (Å²) in [5, 5.41) is 10.5. The second-order valence-corrected chi connectivity index (χ2v) is 6.97. The quantitative estimate of drug-likeness (QED) is 0.454. The summed E-state index contributed by atoms with van der Waals surface area (Å²) in [6.07, 6.45) is 0.372. The predicted molar refractivity (Wildman–Crippen MR) is 78.7 cm³/mol. The summed E-state index contributed by atoms with van der Waals surface area (Å²) in [5.74, 6) is -1.38. The van der Waals surface area contributed by atoms with Crippen molar-refractivity contribution in [2.24, 2.45) is 17.3 Å². The Hall–Kier alpha value is -1.62. The number of rotatable bonds is 1. The standard InChI is InChI=1S/C17H22O5/c1-8-5-6-12(19)17(4)7-11-13(9(2)16(20)22-11)15(14(8)17)21-10(3)18/h11-15,19H,1-2,5-7H2,3-4H3/t11-,12+,13-,14+,15-,17-/m0/s1. The van der Waals surface area contributed by atoms with Crippen LogP contribution >= 0.6 is 0 Å². The molecule has 22 heavy (non-hydrogen) atoms. The van der Waals surface area contributed by atoms with Crippen LogP contribution in [0, 0.1) is 17.3 Å². The van der Waals surface area contributed by atoms with Gasteiger partial charge in [0.2, 0.25) is 0 Å². The van der Waals surface area contributed by atoms with Crippen LogP contribution in [0.15, 0.2) is 24.3 Å². The van der Waals surface area contributed by atoms with E-state index in [-0.39, 0.29) is 11.8 Å². The van der Waals surface area contributed by atoms with Crippen molar-refractivity contribution in [2.75, 3.05) is 0 Å². The lowest BCUT2D eigenvalue weighted by atomic mass is 9.53. The lowest BCUT2D eigenvalue weighted by Crippen LogP contribution is -2.58. The SMILES string of the molecule is C=C1C(=O)O[C@H]2C[C@@]3(C)[C@H](O)CCC(=C)[C@@H]3[C@@H](OC(C)=O)[C@@H]12. The van der Waals surface area contributed by atoms with Gasteiger partial charge in [-0.1, -0.05) is 25.7 Å². The van der Waals surface area contributed by atoms with E-state index in [1.807, 2.05) is 6.92 Å². The van der Waals surface area contributed by atoms with Crippen LogP contribution in [0.2, 0.25) is 0 Å². The van der Waals surface area contributed by atoms with Gasteiger partial charge in [0.15, 0.2) is 0 Å². The van der Waals surface area contributed by atoms with E-state index in [2.05, 4.69) is 13.2 Å². The second kappa shape index (κ2) is 4.95.